The Hall–Kier alpha value is -1.94. The molecule has 0 radical (unpaired) electrons. The van der Waals surface area contributed by atoms with Gasteiger partial charge in [-0.3, -0.25) is 37.3 Å². The fraction of sp³-hybridized carbons (Fsp3) is 0.953. The minimum atomic E-state index is -4.97. The first-order chi connectivity index (χ1) is 50.2. The molecule has 5 atom stereocenters. The largest absolute Gasteiger partial charge is 0.472 e. The van der Waals surface area contributed by atoms with E-state index in [2.05, 4.69) is 48.5 Å². The lowest BCUT2D eigenvalue weighted by molar-refractivity contribution is -0.161. The zero-order valence-corrected chi connectivity index (χ0v) is 70.3. The lowest BCUT2D eigenvalue weighted by Gasteiger charge is -2.21. The minimum absolute atomic E-state index is 0.106. The van der Waals surface area contributed by atoms with E-state index in [1.807, 2.05) is 0 Å². The molecule has 0 spiro atoms. The lowest BCUT2D eigenvalue weighted by atomic mass is 10.0. The van der Waals surface area contributed by atoms with E-state index in [-0.39, 0.29) is 25.7 Å². The summed E-state index contributed by atoms with van der Waals surface area (Å²) in [7, 11) is -9.93. The van der Waals surface area contributed by atoms with Gasteiger partial charge in [0.05, 0.1) is 26.4 Å². The molecule has 0 aliphatic heterocycles. The fourth-order valence-electron chi connectivity index (χ4n) is 13.2. The van der Waals surface area contributed by atoms with Gasteiger partial charge in [0.2, 0.25) is 0 Å². The Morgan fingerprint density at radius 2 is 0.442 bits per heavy atom. The van der Waals surface area contributed by atoms with Crippen molar-refractivity contribution in [2.24, 2.45) is 17.8 Å². The number of phosphoric ester groups is 2. The third-order valence-corrected chi connectivity index (χ3v) is 21.8. The second-order valence-corrected chi connectivity index (χ2v) is 34.9. The molecule has 0 saturated carbocycles. The van der Waals surface area contributed by atoms with Crippen LogP contribution in [0, 0.1) is 17.8 Å². The standard InChI is InChI=1S/C85H166O17P2/c1-8-9-10-11-12-13-14-15-16-17-18-19-20-21-22-23-26-30-40-47-54-61-68-84(89)101-80(72-95-82(87)66-59-52-45-38-29-27-24-25-28-35-42-49-56-63-76(2)3)74-99-103(91,92)97-70-79(86)71-98-104(93,94)100-75-81(102-85(90)69-62-55-48-41-34-32-37-44-51-58-65-78(6)7)73-96-83(88)67-60-53-46-39-33-31-36-43-50-57-64-77(4)5/h76-81,86H,8-75H2,1-7H3,(H,91,92)(H,93,94)/t79-,80-,81-/m1/s1. The van der Waals surface area contributed by atoms with Crippen molar-refractivity contribution in [2.75, 3.05) is 39.6 Å². The van der Waals surface area contributed by atoms with Crippen LogP contribution in [0.25, 0.3) is 0 Å². The number of phosphoric acid groups is 2. The Kier molecular flexibility index (Phi) is 73.7. The van der Waals surface area contributed by atoms with Crippen LogP contribution in [0.4, 0.5) is 0 Å². The van der Waals surface area contributed by atoms with Crippen molar-refractivity contribution in [1.29, 1.82) is 0 Å². The number of unbranched alkanes of at least 4 members (excludes halogenated alkanes) is 51. The van der Waals surface area contributed by atoms with Gasteiger partial charge >= 0.3 is 39.5 Å². The highest BCUT2D eigenvalue weighted by molar-refractivity contribution is 7.47. The minimum Gasteiger partial charge on any atom is -0.462 e. The van der Waals surface area contributed by atoms with Crippen molar-refractivity contribution >= 4 is 39.5 Å². The van der Waals surface area contributed by atoms with Crippen LogP contribution in [0.2, 0.25) is 0 Å². The molecule has 0 rings (SSSR count). The number of ether oxygens (including phenoxy) is 4. The molecular weight excluding hydrogens is 1350 g/mol. The van der Waals surface area contributed by atoms with Gasteiger partial charge in [-0.05, 0) is 43.4 Å². The summed E-state index contributed by atoms with van der Waals surface area (Å²) < 4.78 is 68.9. The summed E-state index contributed by atoms with van der Waals surface area (Å²) in [5, 5.41) is 10.7. The van der Waals surface area contributed by atoms with Crippen molar-refractivity contribution in [3.05, 3.63) is 0 Å². The first-order valence-electron chi connectivity index (χ1n) is 43.8. The highest BCUT2D eigenvalue weighted by atomic mass is 31.2. The zero-order chi connectivity index (χ0) is 76.5. The number of carbonyl (C=O) groups is 4. The highest BCUT2D eigenvalue weighted by Gasteiger charge is 2.30. The molecule has 0 amide bonds. The van der Waals surface area contributed by atoms with Gasteiger partial charge in [-0.25, -0.2) is 9.13 Å². The van der Waals surface area contributed by atoms with Crippen LogP contribution in [-0.2, 0) is 65.4 Å². The molecule has 2 unspecified atom stereocenters. The Labute approximate surface area is 638 Å². The average Bonchev–Trinajstić information content (AvgIpc) is 0.915. The number of hydrogen-bond donors (Lipinski definition) is 3. The van der Waals surface area contributed by atoms with E-state index in [0.29, 0.717) is 25.7 Å². The highest BCUT2D eigenvalue weighted by Crippen LogP contribution is 2.45. The Morgan fingerprint density at radius 3 is 0.654 bits per heavy atom. The van der Waals surface area contributed by atoms with Gasteiger partial charge in [0.1, 0.15) is 19.3 Å². The number of aliphatic hydroxyl groups excluding tert-OH is 1. The molecule has 0 aromatic heterocycles. The Morgan fingerprint density at radius 1 is 0.260 bits per heavy atom. The van der Waals surface area contributed by atoms with E-state index in [1.54, 1.807) is 0 Å². The average molecular weight is 1520 g/mol. The smallest absolute Gasteiger partial charge is 0.462 e. The summed E-state index contributed by atoms with van der Waals surface area (Å²) in [5.41, 5.74) is 0. The van der Waals surface area contributed by atoms with Crippen LogP contribution in [0.15, 0.2) is 0 Å². The molecule has 0 fully saturated rings. The van der Waals surface area contributed by atoms with E-state index in [4.69, 9.17) is 37.0 Å². The van der Waals surface area contributed by atoms with Gasteiger partial charge in [0.25, 0.3) is 0 Å². The number of rotatable bonds is 83. The molecule has 0 bridgehead atoms. The maximum atomic E-state index is 13.1. The van der Waals surface area contributed by atoms with Gasteiger partial charge in [-0.15, -0.1) is 0 Å². The van der Waals surface area contributed by atoms with E-state index in [1.165, 1.54) is 257 Å². The van der Waals surface area contributed by atoms with Crippen LogP contribution in [0.5, 0.6) is 0 Å². The van der Waals surface area contributed by atoms with Crippen molar-refractivity contribution in [2.45, 2.75) is 465 Å². The molecule has 0 aromatic carbocycles. The van der Waals surface area contributed by atoms with E-state index < -0.39 is 97.5 Å². The van der Waals surface area contributed by atoms with E-state index >= 15 is 0 Å². The molecule has 104 heavy (non-hydrogen) atoms. The van der Waals surface area contributed by atoms with Crippen LogP contribution in [-0.4, -0.2) is 96.7 Å². The molecule has 618 valence electrons. The molecular formula is C85H166O17P2. The third-order valence-electron chi connectivity index (χ3n) is 19.9. The predicted molar refractivity (Wildman–Crippen MR) is 428 cm³/mol. The van der Waals surface area contributed by atoms with Gasteiger partial charge in [-0.2, -0.15) is 0 Å². The second-order valence-electron chi connectivity index (χ2n) is 32.0. The SMILES string of the molecule is CCCCCCCCCCCCCCCCCCCCCCCCC(=O)O[C@H](COC(=O)CCCCCCCCCCCCCCCC(C)C)COP(=O)(O)OC[C@@H](O)COP(=O)(O)OC[C@@H](COC(=O)CCCCCCCCCCCCC(C)C)OC(=O)CCCCCCCCCCCCC(C)C. The van der Waals surface area contributed by atoms with Gasteiger partial charge in [0.15, 0.2) is 12.2 Å². The lowest BCUT2D eigenvalue weighted by Crippen LogP contribution is -2.30. The van der Waals surface area contributed by atoms with Crippen LogP contribution in [0.3, 0.4) is 0 Å². The summed E-state index contributed by atoms with van der Waals surface area (Å²) in [6, 6.07) is 0. The summed E-state index contributed by atoms with van der Waals surface area (Å²) in [5.74, 6) is 0.194. The third kappa shape index (κ3) is 78.2. The number of aliphatic hydroxyl groups is 1. The topological polar surface area (TPSA) is 237 Å². The molecule has 0 aliphatic carbocycles. The molecule has 19 heteroatoms. The zero-order valence-electron chi connectivity index (χ0n) is 68.5. The molecule has 17 nitrogen and oxygen atoms in total. The first-order valence-corrected chi connectivity index (χ1v) is 46.8. The maximum Gasteiger partial charge on any atom is 0.472 e. The van der Waals surface area contributed by atoms with Crippen molar-refractivity contribution in [3.8, 4) is 0 Å². The quantitative estimate of drug-likeness (QED) is 0.0222. The summed E-state index contributed by atoms with van der Waals surface area (Å²) in [6.45, 7) is 12.0. The molecule has 3 N–H and O–H groups in total. The Bertz CT molecular complexity index is 2010. The van der Waals surface area contributed by atoms with Crippen LogP contribution in [0.1, 0.15) is 447 Å². The van der Waals surface area contributed by atoms with Crippen molar-refractivity contribution in [1.82, 2.24) is 0 Å². The molecule has 0 aliphatic rings. The van der Waals surface area contributed by atoms with Crippen LogP contribution < -0.4 is 0 Å². The maximum absolute atomic E-state index is 13.1. The normalized spacial score (nSPS) is 13.9. The van der Waals surface area contributed by atoms with Gasteiger partial charge in [-0.1, -0.05) is 395 Å². The van der Waals surface area contributed by atoms with Gasteiger partial charge in [0, 0.05) is 25.7 Å². The van der Waals surface area contributed by atoms with Crippen molar-refractivity contribution in [3.63, 3.8) is 0 Å². The predicted octanol–water partition coefficient (Wildman–Crippen LogP) is 25.7. The molecule has 0 aromatic rings. The fourth-order valence-corrected chi connectivity index (χ4v) is 14.8. The number of carbonyl (C=O) groups excluding carboxylic acids is 4. The molecule has 0 heterocycles. The monoisotopic (exact) mass is 1520 g/mol. The Balaban J connectivity index is 5.24. The number of hydrogen-bond acceptors (Lipinski definition) is 15. The van der Waals surface area contributed by atoms with E-state index in [0.717, 1.165) is 108 Å². The summed E-state index contributed by atoms with van der Waals surface area (Å²) in [6.07, 6.45) is 65.3. The second kappa shape index (κ2) is 75.1. The van der Waals surface area contributed by atoms with Crippen LogP contribution >= 0.6 is 15.6 Å². The molecule has 0 saturated heterocycles. The van der Waals surface area contributed by atoms with E-state index in [9.17, 15) is 43.2 Å². The summed E-state index contributed by atoms with van der Waals surface area (Å²) in [4.78, 5) is 73.2. The van der Waals surface area contributed by atoms with Crippen molar-refractivity contribution < 1.29 is 80.2 Å². The number of esters is 4. The first kappa shape index (κ1) is 102. The summed E-state index contributed by atoms with van der Waals surface area (Å²) >= 11 is 0. The van der Waals surface area contributed by atoms with Gasteiger partial charge < -0.3 is 33.8 Å².